The zero-order chi connectivity index (χ0) is 11.4. The van der Waals surface area contributed by atoms with Crippen molar-refractivity contribution in [2.24, 2.45) is 0 Å². The molecule has 0 aliphatic rings. The number of hydrogen-bond donors (Lipinski definition) is 0. The topological polar surface area (TPSA) is 34.4 Å². The van der Waals surface area contributed by atoms with Crippen molar-refractivity contribution in [1.29, 1.82) is 0 Å². The van der Waals surface area contributed by atoms with E-state index in [1.807, 2.05) is 35.7 Å². The predicted octanol–water partition coefficient (Wildman–Crippen LogP) is 3.12. The Morgan fingerprint density at radius 3 is 3.00 bits per heavy atom. The number of thiophene rings is 1. The minimum atomic E-state index is 0.0312. The van der Waals surface area contributed by atoms with E-state index in [1.54, 1.807) is 15.7 Å². The van der Waals surface area contributed by atoms with E-state index < -0.39 is 0 Å². The Labute approximate surface area is 104 Å². The number of benzene rings is 1. The van der Waals surface area contributed by atoms with E-state index in [0.29, 0.717) is 5.39 Å². The lowest BCUT2D eigenvalue weighted by Crippen LogP contribution is -2.12. The number of hydrogen-bond acceptors (Lipinski definition) is 4. The number of rotatable bonds is 0. The molecule has 0 aliphatic heterocycles. The molecule has 0 atom stereocenters. The molecule has 0 N–H and O–H groups in total. The van der Waals surface area contributed by atoms with Crippen molar-refractivity contribution in [3.63, 3.8) is 0 Å². The molecule has 0 fully saturated rings. The van der Waals surface area contributed by atoms with Crippen molar-refractivity contribution in [3.05, 3.63) is 46.1 Å². The maximum atomic E-state index is 12.4. The van der Waals surface area contributed by atoms with Gasteiger partial charge in [0.05, 0.1) is 15.6 Å². The summed E-state index contributed by atoms with van der Waals surface area (Å²) >= 11 is 3.06. The maximum Gasteiger partial charge on any atom is 0.267 e. The third kappa shape index (κ3) is 1.15. The Hall–Kier alpha value is -1.72. The van der Waals surface area contributed by atoms with Crippen molar-refractivity contribution in [1.82, 2.24) is 9.38 Å². The summed E-state index contributed by atoms with van der Waals surface area (Å²) in [5.41, 5.74) is 0.974. The van der Waals surface area contributed by atoms with Crippen LogP contribution in [0.2, 0.25) is 0 Å². The molecule has 0 spiro atoms. The largest absolute Gasteiger partial charge is 0.268 e. The lowest BCUT2D eigenvalue weighted by Gasteiger charge is -1.94. The minimum Gasteiger partial charge on any atom is -0.268 e. The van der Waals surface area contributed by atoms with E-state index in [9.17, 15) is 4.79 Å². The molecular formula is C12H6N2OS2. The standard InChI is InChI=1S/C12H6N2OS2/c15-11-7-5-6-16-10(7)13-12-14(11)8-3-1-2-4-9(8)17-12/h1-6H. The van der Waals surface area contributed by atoms with Gasteiger partial charge < -0.3 is 0 Å². The van der Waals surface area contributed by atoms with Crippen LogP contribution in [-0.2, 0) is 0 Å². The second-order valence-electron chi connectivity index (χ2n) is 3.74. The second-order valence-corrected chi connectivity index (χ2v) is 5.65. The first-order valence-electron chi connectivity index (χ1n) is 5.12. The van der Waals surface area contributed by atoms with Gasteiger partial charge in [-0.2, -0.15) is 0 Å². The van der Waals surface area contributed by atoms with Crippen LogP contribution in [0.5, 0.6) is 0 Å². The smallest absolute Gasteiger partial charge is 0.267 e. The summed E-state index contributed by atoms with van der Waals surface area (Å²) < 4.78 is 2.80. The van der Waals surface area contributed by atoms with E-state index in [-0.39, 0.29) is 5.56 Å². The highest BCUT2D eigenvalue weighted by molar-refractivity contribution is 7.23. The molecule has 4 rings (SSSR count). The zero-order valence-corrected chi connectivity index (χ0v) is 10.2. The van der Waals surface area contributed by atoms with Gasteiger partial charge in [-0.3, -0.25) is 9.20 Å². The highest BCUT2D eigenvalue weighted by atomic mass is 32.1. The van der Waals surface area contributed by atoms with E-state index in [0.717, 1.165) is 20.0 Å². The van der Waals surface area contributed by atoms with Crippen LogP contribution in [0.3, 0.4) is 0 Å². The van der Waals surface area contributed by atoms with Crippen LogP contribution in [-0.4, -0.2) is 9.38 Å². The summed E-state index contributed by atoms with van der Waals surface area (Å²) in [6.45, 7) is 0. The van der Waals surface area contributed by atoms with Crippen molar-refractivity contribution in [2.75, 3.05) is 0 Å². The second kappa shape index (κ2) is 3.15. The Bertz CT molecular complexity index is 916. The van der Waals surface area contributed by atoms with Crippen molar-refractivity contribution >= 4 is 48.1 Å². The highest BCUT2D eigenvalue weighted by Crippen LogP contribution is 2.26. The van der Waals surface area contributed by atoms with Crippen LogP contribution in [0.4, 0.5) is 0 Å². The van der Waals surface area contributed by atoms with Gasteiger partial charge in [0, 0.05) is 0 Å². The van der Waals surface area contributed by atoms with Crippen LogP contribution in [0.15, 0.2) is 40.5 Å². The van der Waals surface area contributed by atoms with Gasteiger partial charge >= 0.3 is 0 Å². The molecule has 0 bridgehead atoms. The first-order valence-corrected chi connectivity index (χ1v) is 6.82. The summed E-state index contributed by atoms with van der Waals surface area (Å²) in [5.74, 6) is 0. The van der Waals surface area contributed by atoms with E-state index in [2.05, 4.69) is 4.98 Å². The Balaban J connectivity index is 2.42. The number of fused-ring (bicyclic) bond motifs is 4. The zero-order valence-electron chi connectivity index (χ0n) is 8.58. The van der Waals surface area contributed by atoms with Gasteiger partial charge in [-0.25, -0.2) is 4.98 Å². The molecule has 4 aromatic rings. The van der Waals surface area contributed by atoms with Gasteiger partial charge in [-0.15, -0.1) is 11.3 Å². The number of thiazole rings is 1. The molecule has 3 nitrogen and oxygen atoms in total. The predicted molar refractivity (Wildman–Crippen MR) is 72.2 cm³/mol. The number of para-hydroxylation sites is 1. The minimum absolute atomic E-state index is 0.0312. The average molecular weight is 258 g/mol. The van der Waals surface area contributed by atoms with Gasteiger partial charge in [-0.05, 0) is 23.6 Å². The van der Waals surface area contributed by atoms with Crippen LogP contribution in [0, 0.1) is 0 Å². The maximum absolute atomic E-state index is 12.4. The molecule has 0 saturated heterocycles. The van der Waals surface area contributed by atoms with Crippen molar-refractivity contribution in [2.45, 2.75) is 0 Å². The Morgan fingerprint density at radius 1 is 1.18 bits per heavy atom. The van der Waals surface area contributed by atoms with E-state index >= 15 is 0 Å². The Kier molecular flexibility index (Phi) is 1.73. The molecule has 0 amide bonds. The van der Waals surface area contributed by atoms with Crippen LogP contribution < -0.4 is 5.56 Å². The van der Waals surface area contributed by atoms with Gasteiger partial charge in [0.2, 0.25) is 0 Å². The third-order valence-corrected chi connectivity index (χ3v) is 4.60. The molecule has 0 aliphatic carbocycles. The summed E-state index contributed by atoms with van der Waals surface area (Å²) in [6, 6.07) is 9.74. The fourth-order valence-electron chi connectivity index (χ4n) is 2.00. The summed E-state index contributed by atoms with van der Waals surface area (Å²) in [4.78, 5) is 18.5. The number of aromatic nitrogens is 2. The normalized spacial score (nSPS) is 11.8. The Morgan fingerprint density at radius 2 is 2.06 bits per heavy atom. The summed E-state index contributed by atoms with van der Waals surface area (Å²) in [7, 11) is 0. The van der Waals surface area contributed by atoms with Gasteiger partial charge in [0.15, 0.2) is 4.96 Å². The molecule has 17 heavy (non-hydrogen) atoms. The van der Waals surface area contributed by atoms with Crippen LogP contribution in [0.25, 0.3) is 25.4 Å². The quantitative estimate of drug-likeness (QED) is 0.485. The number of nitrogens with zero attached hydrogens (tertiary/aromatic N) is 2. The molecule has 0 saturated carbocycles. The van der Waals surface area contributed by atoms with E-state index in [4.69, 9.17) is 0 Å². The lowest BCUT2D eigenvalue weighted by molar-refractivity contribution is 1.17. The summed E-state index contributed by atoms with van der Waals surface area (Å²) in [6.07, 6.45) is 0. The van der Waals surface area contributed by atoms with Gasteiger partial charge in [0.1, 0.15) is 4.83 Å². The molecular weight excluding hydrogens is 252 g/mol. The SMILES string of the molecule is O=c1c2ccsc2nc2sc3ccccc3n12. The molecule has 0 radical (unpaired) electrons. The first-order chi connectivity index (χ1) is 8.34. The average Bonchev–Trinajstić information content (AvgIpc) is 2.92. The fourth-order valence-corrected chi connectivity index (χ4v) is 3.83. The van der Waals surface area contributed by atoms with Gasteiger partial charge in [-0.1, -0.05) is 23.5 Å². The first kappa shape index (κ1) is 9.32. The summed E-state index contributed by atoms with van der Waals surface area (Å²) in [5, 5.41) is 2.61. The van der Waals surface area contributed by atoms with Gasteiger partial charge in [0.25, 0.3) is 5.56 Å². The molecule has 3 heterocycles. The van der Waals surface area contributed by atoms with Crippen molar-refractivity contribution in [3.8, 4) is 0 Å². The van der Waals surface area contributed by atoms with Crippen LogP contribution >= 0.6 is 22.7 Å². The molecule has 82 valence electrons. The fraction of sp³-hybridized carbons (Fsp3) is 0. The monoisotopic (exact) mass is 258 g/mol. The van der Waals surface area contributed by atoms with Crippen LogP contribution in [0.1, 0.15) is 0 Å². The molecule has 3 aromatic heterocycles. The van der Waals surface area contributed by atoms with E-state index in [1.165, 1.54) is 11.3 Å². The molecule has 1 aromatic carbocycles. The lowest BCUT2D eigenvalue weighted by atomic mass is 10.3. The highest BCUT2D eigenvalue weighted by Gasteiger charge is 2.11. The third-order valence-electron chi connectivity index (χ3n) is 2.77. The van der Waals surface area contributed by atoms with Crippen molar-refractivity contribution < 1.29 is 0 Å². The molecule has 5 heteroatoms. The molecule has 0 unspecified atom stereocenters.